The Morgan fingerprint density at radius 1 is 1.07 bits per heavy atom. The number of nitrogens with one attached hydrogen (secondary N) is 1. The molecule has 3 aromatic rings. The van der Waals surface area contributed by atoms with E-state index in [2.05, 4.69) is 51.4 Å². The van der Waals surface area contributed by atoms with Gasteiger partial charge in [-0.3, -0.25) is 4.99 Å². The molecule has 0 aliphatic rings. The van der Waals surface area contributed by atoms with Gasteiger partial charge >= 0.3 is 0 Å². The predicted octanol–water partition coefficient (Wildman–Crippen LogP) is 4.09. The summed E-state index contributed by atoms with van der Waals surface area (Å²) in [6, 6.07) is 16.0. The Labute approximate surface area is 176 Å². The standard InChI is InChI=1S/C20H24N4O2.HI/c1-25-18-9-8-16(14-19(18)26-2)23-20(21)22-11-5-12-24-13-10-15-6-3-4-7-17(15)24;/h3-4,6-10,13-14H,5,11-12H2,1-2H3,(H3,21,22,23);1H. The third-order valence-electron chi connectivity index (χ3n) is 4.18. The quantitative estimate of drug-likeness (QED) is 0.231. The smallest absolute Gasteiger partial charge is 0.193 e. The Balaban J connectivity index is 0.00000261. The molecule has 0 bridgehead atoms. The number of halogens is 1. The second kappa shape index (κ2) is 10.1. The van der Waals surface area contributed by atoms with Crippen LogP contribution in [0.4, 0.5) is 5.69 Å². The summed E-state index contributed by atoms with van der Waals surface area (Å²) in [6.45, 7) is 1.55. The molecule has 7 heteroatoms. The first kappa shape index (κ1) is 20.9. The minimum absolute atomic E-state index is 0. The van der Waals surface area contributed by atoms with Crippen LogP contribution in [0.2, 0.25) is 0 Å². The zero-order valence-corrected chi connectivity index (χ0v) is 17.8. The van der Waals surface area contributed by atoms with Crippen molar-refractivity contribution in [1.82, 2.24) is 4.57 Å². The highest BCUT2D eigenvalue weighted by atomic mass is 127. The first-order valence-corrected chi connectivity index (χ1v) is 8.54. The predicted molar refractivity (Wildman–Crippen MR) is 122 cm³/mol. The van der Waals surface area contributed by atoms with Crippen molar-refractivity contribution in [3.05, 3.63) is 54.7 Å². The van der Waals surface area contributed by atoms with Gasteiger partial charge in [-0.1, -0.05) is 18.2 Å². The van der Waals surface area contributed by atoms with E-state index in [0.29, 0.717) is 24.0 Å². The van der Waals surface area contributed by atoms with Crippen LogP contribution >= 0.6 is 24.0 Å². The highest BCUT2D eigenvalue weighted by Gasteiger charge is 2.05. The molecule has 0 aliphatic carbocycles. The number of benzene rings is 2. The molecule has 1 heterocycles. The molecule has 0 aliphatic heterocycles. The number of nitrogens with two attached hydrogens (primary N) is 1. The number of rotatable bonds is 7. The van der Waals surface area contributed by atoms with E-state index in [9.17, 15) is 0 Å². The van der Waals surface area contributed by atoms with Crippen molar-refractivity contribution in [2.75, 3.05) is 26.1 Å². The van der Waals surface area contributed by atoms with Crippen molar-refractivity contribution in [2.45, 2.75) is 13.0 Å². The lowest BCUT2D eigenvalue weighted by Gasteiger charge is -2.11. The Hall–Kier alpha value is -2.42. The molecule has 0 fully saturated rings. The molecule has 6 nitrogen and oxygen atoms in total. The van der Waals surface area contributed by atoms with E-state index in [1.165, 1.54) is 10.9 Å². The number of aromatic nitrogens is 1. The summed E-state index contributed by atoms with van der Waals surface area (Å²) >= 11 is 0. The lowest BCUT2D eigenvalue weighted by Crippen LogP contribution is -2.23. The molecule has 27 heavy (non-hydrogen) atoms. The second-order valence-electron chi connectivity index (χ2n) is 5.88. The summed E-state index contributed by atoms with van der Waals surface area (Å²) in [4.78, 5) is 4.39. The van der Waals surface area contributed by atoms with Crippen molar-refractivity contribution in [3.8, 4) is 11.5 Å². The van der Waals surface area contributed by atoms with Crippen LogP contribution in [-0.2, 0) is 6.54 Å². The zero-order valence-electron chi connectivity index (χ0n) is 15.5. The van der Waals surface area contributed by atoms with Gasteiger partial charge in [0, 0.05) is 36.6 Å². The summed E-state index contributed by atoms with van der Waals surface area (Å²) < 4.78 is 12.7. The molecule has 0 saturated carbocycles. The molecule has 2 aromatic carbocycles. The molecule has 3 rings (SSSR count). The van der Waals surface area contributed by atoms with Crippen LogP contribution in [0, 0.1) is 0 Å². The van der Waals surface area contributed by atoms with Crippen LogP contribution in [0.1, 0.15) is 6.42 Å². The van der Waals surface area contributed by atoms with E-state index in [0.717, 1.165) is 18.7 Å². The fourth-order valence-electron chi connectivity index (χ4n) is 2.88. The molecule has 0 spiro atoms. The van der Waals surface area contributed by atoms with Gasteiger partial charge in [-0.2, -0.15) is 0 Å². The zero-order chi connectivity index (χ0) is 18.4. The summed E-state index contributed by atoms with van der Waals surface area (Å²) in [5.74, 6) is 1.70. The van der Waals surface area contributed by atoms with Gasteiger partial charge in [0.05, 0.1) is 14.2 Å². The molecule has 0 saturated heterocycles. The van der Waals surface area contributed by atoms with Gasteiger partial charge in [0.2, 0.25) is 0 Å². The van der Waals surface area contributed by atoms with Crippen LogP contribution in [-0.4, -0.2) is 31.3 Å². The van der Waals surface area contributed by atoms with E-state index >= 15 is 0 Å². The van der Waals surface area contributed by atoms with Crippen LogP contribution in [0.3, 0.4) is 0 Å². The highest BCUT2D eigenvalue weighted by Crippen LogP contribution is 2.29. The van der Waals surface area contributed by atoms with Crippen LogP contribution in [0.25, 0.3) is 10.9 Å². The lowest BCUT2D eigenvalue weighted by atomic mass is 10.2. The summed E-state index contributed by atoms with van der Waals surface area (Å²) in [6.07, 6.45) is 3.02. The van der Waals surface area contributed by atoms with E-state index in [4.69, 9.17) is 15.2 Å². The Morgan fingerprint density at radius 3 is 2.63 bits per heavy atom. The normalized spacial score (nSPS) is 11.1. The molecule has 144 valence electrons. The van der Waals surface area contributed by atoms with Crippen molar-refractivity contribution in [3.63, 3.8) is 0 Å². The minimum atomic E-state index is 0. The third kappa shape index (κ3) is 5.29. The highest BCUT2D eigenvalue weighted by molar-refractivity contribution is 14.0. The Bertz CT molecular complexity index is 908. The number of nitrogens with zero attached hydrogens (tertiary/aromatic N) is 2. The molecule has 0 unspecified atom stereocenters. The average molecular weight is 480 g/mol. The number of hydrogen-bond acceptors (Lipinski definition) is 3. The number of hydrogen-bond donors (Lipinski definition) is 2. The monoisotopic (exact) mass is 480 g/mol. The maximum atomic E-state index is 5.98. The topological polar surface area (TPSA) is 73.8 Å². The van der Waals surface area contributed by atoms with Gasteiger partial charge < -0.3 is 25.1 Å². The number of methoxy groups -OCH3 is 2. The average Bonchev–Trinajstić information content (AvgIpc) is 3.08. The number of anilines is 1. The summed E-state index contributed by atoms with van der Waals surface area (Å²) in [5.41, 5.74) is 8.03. The maximum Gasteiger partial charge on any atom is 0.193 e. The van der Waals surface area contributed by atoms with E-state index in [1.807, 2.05) is 18.2 Å². The Kier molecular flexibility index (Phi) is 7.78. The maximum absolute atomic E-state index is 5.98. The fourth-order valence-corrected chi connectivity index (χ4v) is 2.88. The number of para-hydroxylation sites is 1. The molecule has 0 radical (unpaired) electrons. The van der Waals surface area contributed by atoms with E-state index in [-0.39, 0.29) is 24.0 Å². The fraction of sp³-hybridized carbons (Fsp3) is 0.250. The van der Waals surface area contributed by atoms with Crippen molar-refractivity contribution < 1.29 is 9.47 Å². The number of ether oxygens (including phenoxy) is 2. The first-order valence-electron chi connectivity index (χ1n) is 8.54. The summed E-state index contributed by atoms with van der Waals surface area (Å²) in [5, 5.41) is 4.33. The lowest BCUT2D eigenvalue weighted by molar-refractivity contribution is 0.355. The van der Waals surface area contributed by atoms with Crippen LogP contribution in [0.15, 0.2) is 59.7 Å². The van der Waals surface area contributed by atoms with Gasteiger partial charge in [-0.15, -0.1) is 24.0 Å². The van der Waals surface area contributed by atoms with Crippen LogP contribution in [0.5, 0.6) is 11.5 Å². The van der Waals surface area contributed by atoms with E-state index in [1.54, 1.807) is 14.2 Å². The van der Waals surface area contributed by atoms with Crippen LogP contribution < -0.4 is 20.5 Å². The number of aryl methyl sites for hydroxylation is 1. The summed E-state index contributed by atoms with van der Waals surface area (Å²) in [7, 11) is 3.21. The molecule has 0 amide bonds. The van der Waals surface area contributed by atoms with Crippen molar-refractivity contribution >= 4 is 46.5 Å². The first-order chi connectivity index (χ1) is 12.7. The molecular weight excluding hydrogens is 455 g/mol. The molecule has 1 aromatic heterocycles. The van der Waals surface area contributed by atoms with E-state index < -0.39 is 0 Å². The molecule has 0 atom stereocenters. The molecule has 3 N–H and O–H groups in total. The van der Waals surface area contributed by atoms with Gasteiger partial charge in [0.25, 0.3) is 0 Å². The van der Waals surface area contributed by atoms with Gasteiger partial charge in [0.1, 0.15) is 0 Å². The van der Waals surface area contributed by atoms with Gasteiger partial charge in [0.15, 0.2) is 17.5 Å². The SMILES string of the molecule is COc1ccc(NC(N)=NCCCn2ccc3ccccc32)cc1OC.I. The minimum Gasteiger partial charge on any atom is -0.493 e. The number of guanidine groups is 1. The van der Waals surface area contributed by atoms with Gasteiger partial charge in [-0.25, -0.2) is 0 Å². The van der Waals surface area contributed by atoms with Crippen molar-refractivity contribution in [1.29, 1.82) is 0 Å². The molecular formula is C20H25IN4O2. The van der Waals surface area contributed by atoms with Crippen molar-refractivity contribution in [2.24, 2.45) is 10.7 Å². The third-order valence-corrected chi connectivity index (χ3v) is 4.18. The Morgan fingerprint density at radius 2 is 1.85 bits per heavy atom. The largest absolute Gasteiger partial charge is 0.493 e. The van der Waals surface area contributed by atoms with Gasteiger partial charge in [-0.05, 0) is 36.1 Å². The number of fused-ring (bicyclic) bond motifs is 1. The second-order valence-corrected chi connectivity index (χ2v) is 5.88. The number of aliphatic imine (C=N–C) groups is 1.